The third kappa shape index (κ3) is 3.92. The maximum Gasteiger partial charge on any atom is 0.274 e. The normalized spacial score (nSPS) is 17.1. The largest absolute Gasteiger partial charge is 0.339 e. The maximum absolute atomic E-state index is 13.2. The highest BCUT2D eigenvalue weighted by Crippen LogP contribution is 2.48. The summed E-state index contributed by atoms with van der Waals surface area (Å²) >= 11 is 0. The van der Waals surface area contributed by atoms with Crippen LogP contribution in [0.3, 0.4) is 0 Å². The molecule has 4 aromatic rings. The summed E-state index contributed by atoms with van der Waals surface area (Å²) in [6.45, 7) is 1.86. The molecule has 1 fully saturated rings. The molecule has 1 aromatic carbocycles. The highest BCUT2D eigenvalue weighted by atomic mass is 19.3. The van der Waals surface area contributed by atoms with Crippen LogP contribution in [-0.2, 0) is 0 Å². The molecule has 2 aliphatic rings. The van der Waals surface area contributed by atoms with E-state index in [0.29, 0.717) is 28.4 Å². The molecule has 1 saturated carbocycles. The number of hydrogen-bond acceptors (Lipinski definition) is 9. The topological polar surface area (TPSA) is 125 Å². The summed E-state index contributed by atoms with van der Waals surface area (Å²) in [7, 11) is 1.76. The van der Waals surface area contributed by atoms with Crippen LogP contribution in [0.15, 0.2) is 52.4 Å². The number of amides is 1. The number of imidazole rings is 1. The van der Waals surface area contributed by atoms with Gasteiger partial charge in [0.15, 0.2) is 5.84 Å². The Morgan fingerprint density at radius 3 is 2.78 bits per heavy atom. The van der Waals surface area contributed by atoms with Crippen molar-refractivity contribution in [2.24, 2.45) is 5.10 Å². The van der Waals surface area contributed by atoms with Crippen molar-refractivity contribution in [3.05, 3.63) is 65.4 Å². The number of benzene rings is 1. The number of rotatable bonds is 5. The van der Waals surface area contributed by atoms with Crippen molar-refractivity contribution in [1.82, 2.24) is 35.6 Å². The molecule has 0 atom stereocenters. The number of hydrazine groups is 2. The average Bonchev–Trinajstić information content (AvgIpc) is 3.58. The van der Waals surface area contributed by atoms with Gasteiger partial charge in [-0.05, 0) is 30.7 Å². The van der Waals surface area contributed by atoms with E-state index in [2.05, 4.69) is 36.5 Å². The minimum absolute atomic E-state index is 0.200. The van der Waals surface area contributed by atoms with Gasteiger partial charge in [0.25, 0.3) is 5.91 Å². The molecule has 1 aliphatic carbocycles. The number of halogens is 2. The van der Waals surface area contributed by atoms with E-state index in [9.17, 15) is 13.6 Å². The van der Waals surface area contributed by atoms with Crippen molar-refractivity contribution in [2.75, 3.05) is 12.4 Å². The zero-order chi connectivity index (χ0) is 25.0. The fourth-order valence-corrected chi connectivity index (χ4v) is 4.19. The third-order valence-corrected chi connectivity index (χ3v) is 6.22. The Balaban J connectivity index is 1.25. The standard InChI is InChI=1S/C23H21F2N9O2/c1-12-3-4-13(19-28-22(36-31-19)15-8-23(24,25)9-15)7-16(12)27-21(35)17-10-26-18-6-5-14(11-34(17)18)20-29-32-33(2)30-20/h3-7,10-11,15,32H,8-9H2,1-2H3,(H,27,35)(H,29,30). The van der Waals surface area contributed by atoms with E-state index in [1.807, 2.05) is 19.1 Å². The van der Waals surface area contributed by atoms with Gasteiger partial charge < -0.3 is 9.84 Å². The highest BCUT2D eigenvalue weighted by Gasteiger charge is 2.48. The molecule has 36 heavy (non-hydrogen) atoms. The van der Waals surface area contributed by atoms with Crippen molar-refractivity contribution < 1.29 is 18.1 Å². The number of anilines is 1. The lowest BCUT2D eigenvalue weighted by molar-refractivity contribution is -0.0925. The molecule has 184 valence electrons. The summed E-state index contributed by atoms with van der Waals surface area (Å²) in [4.78, 5) is 21.8. The molecule has 11 nitrogen and oxygen atoms in total. The quantitative estimate of drug-likeness (QED) is 0.388. The van der Waals surface area contributed by atoms with E-state index in [4.69, 9.17) is 4.52 Å². The first-order valence-corrected chi connectivity index (χ1v) is 11.2. The van der Waals surface area contributed by atoms with Crippen LogP contribution in [0.2, 0.25) is 0 Å². The van der Waals surface area contributed by atoms with Gasteiger partial charge in [0.05, 0.1) is 6.20 Å². The van der Waals surface area contributed by atoms with Crippen LogP contribution in [0, 0.1) is 6.92 Å². The van der Waals surface area contributed by atoms with Crippen LogP contribution in [0.5, 0.6) is 0 Å². The van der Waals surface area contributed by atoms with Gasteiger partial charge in [0.1, 0.15) is 11.3 Å². The van der Waals surface area contributed by atoms with E-state index in [-0.39, 0.29) is 30.5 Å². The summed E-state index contributed by atoms with van der Waals surface area (Å²) in [5.41, 5.74) is 9.48. The fourth-order valence-electron chi connectivity index (χ4n) is 4.19. The van der Waals surface area contributed by atoms with E-state index in [0.717, 1.165) is 11.1 Å². The number of carbonyl (C=O) groups is 1. The van der Waals surface area contributed by atoms with Crippen LogP contribution < -0.4 is 16.3 Å². The van der Waals surface area contributed by atoms with Crippen LogP contribution >= 0.6 is 0 Å². The number of nitrogens with zero attached hydrogens (tertiary/aromatic N) is 6. The number of aryl methyl sites for hydroxylation is 1. The lowest BCUT2D eigenvalue weighted by atomic mass is 9.81. The van der Waals surface area contributed by atoms with Crippen molar-refractivity contribution in [2.45, 2.75) is 31.6 Å². The first-order valence-electron chi connectivity index (χ1n) is 11.2. The SMILES string of the molecule is Cc1ccc(-c2noc(C3CC(F)(F)C3)n2)cc1NC(=O)c1cnc2ccc(C3=NN(C)NN3)cn12. The molecule has 13 heteroatoms. The number of fused-ring (bicyclic) bond motifs is 1. The van der Waals surface area contributed by atoms with Crippen molar-refractivity contribution in [3.8, 4) is 11.4 Å². The number of amidine groups is 1. The minimum Gasteiger partial charge on any atom is -0.339 e. The predicted molar refractivity (Wildman–Crippen MR) is 125 cm³/mol. The molecule has 0 saturated heterocycles. The van der Waals surface area contributed by atoms with Gasteiger partial charge in [-0.2, -0.15) is 4.98 Å². The Labute approximate surface area is 203 Å². The molecule has 0 unspecified atom stereocenters. The van der Waals surface area contributed by atoms with Gasteiger partial charge in [-0.25, -0.2) is 18.9 Å². The first kappa shape index (κ1) is 22.1. The average molecular weight is 493 g/mol. The van der Waals surface area contributed by atoms with E-state index < -0.39 is 11.8 Å². The van der Waals surface area contributed by atoms with Gasteiger partial charge in [-0.1, -0.05) is 17.3 Å². The molecule has 4 heterocycles. The Kier molecular flexibility index (Phi) is 4.96. The molecule has 6 rings (SSSR count). The van der Waals surface area contributed by atoms with Crippen LogP contribution in [0.4, 0.5) is 14.5 Å². The molecule has 1 aliphatic heterocycles. The summed E-state index contributed by atoms with van der Waals surface area (Å²) < 4.78 is 33.3. The number of hydrazone groups is 1. The summed E-state index contributed by atoms with van der Waals surface area (Å²) in [6.07, 6.45) is 2.70. The van der Waals surface area contributed by atoms with Crippen LogP contribution in [-0.4, -0.2) is 49.4 Å². The number of carbonyl (C=O) groups excluding carboxylic acids is 1. The van der Waals surface area contributed by atoms with E-state index in [1.165, 1.54) is 11.3 Å². The summed E-state index contributed by atoms with van der Waals surface area (Å²) in [5.74, 6) is -2.39. The molecule has 0 radical (unpaired) electrons. The predicted octanol–water partition coefficient (Wildman–Crippen LogP) is 3.07. The molecular formula is C23H21F2N9O2. The van der Waals surface area contributed by atoms with Gasteiger partial charge in [0.2, 0.25) is 17.6 Å². The second kappa shape index (κ2) is 8.09. The first-order chi connectivity index (χ1) is 17.3. The van der Waals surface area contributed by atoms with Crippen LogP contribution in [0.25, 0.3) is 17.0 Å². The Morgan fingerprint density at radius 1 is 1.22 bits per heavy atom. The molecule has 3 aromatic heterocycles. The smallest absolute Gasteiger partial charge is 0.274 e. The Hall–Kier alpha value is -4.39. The molecule has 0 bridgehead atoms. The number of hydrogen-bond donors (Lipinski definition) is 3. The molecule has 0 spiro atoms. The van der Waals surface area contributed by atoms with Crippen molar-refractivity contribution >= 4 is 23.1 Å². The number of pyridine rings is 1. The van der Waals surface area contributed by atoms with Crippen molar-refractivity contribution in [1.29, 1.82) is 0 Å². The summed E-state index contributed by atoms with van der Waals surface area (Å²) in [6, 6.07) is 8.99. The van der Waals surface area contributed by atoms with E-state index in [1.54, 1.807) is 35.8 Å². The van der Waals surface area contributed by atoms with Crippen LogP contribution in [0.1, 0.15) is 46.3 Å². The monoisotopic (exact) mass is 493 g/mol. The fraction of sp³-hybridized carbons (Fsp3) is 0.261. The second-order valence-electron chi connectivity index (χ2n) is 8.90. The molecule has 3 N–H and O–H groups in total. The van der Waals surface area contributed by atoms with Gasteiger partial charge in [-0.15, -0.1) is 10.6 Å². The van der Waals surface area contributed by atoms with Crippen molar-refractivity contribution in [3.63, 3.8) is 0 Å². The van der Waals surface area contributed by atoms with Gasteiger partial charge >= 0.3 is 0 Å². The van der Waals surface area contributed by atoms with Gasteiger partial charge in [0, 0.05) is 48.8 Å². The number of nitrogens with one attached hydrogen (secondary N) is 3. The zero-order valence-electron chi connectivity index (χ0n) is 19.3. The molecule has 1 amide bonds. The third-order valence-electron chi connectivity index (χ3n) is 6.22. The maximum atomic E-state index is 13.2. The lowest BCUT2D eigenvalue weighted by Gasteiger charge is -2.31. The number of alkyl halides is 2. The van der Waals surface area contributed by atoms with E-state index >= 15 is 0 Å². The summed E-state index contributed by atoms with van der Waals surface area (Å²) in [5, 5.41) is 12.7. The second-order valence-corrected chi connectivity index (χ2v) is 8.90. The van der Waals surface area contributed by atoms with Gasteiger partial charge in [-0.3, -0.25) is 14.6 Å². The number of aromatic nitrogens is 4. The minimum atomic E-state index is -2.67. The zero-order valence-corrected chi connectivity index (χ0v) is 19.3. The Bertz CT molecular complexity index is 1520. The lowest BCUT2D eigenvalue weighted by Crippen LogP contribution is -2.36. The highest BCUT2D eigenvalue weighted by molar-refractivity contribution is 6.04. The molecular weight excluding hydrogens is 472 g/mol. The Morgan fingerprint density at radius 2 is 2.03 bits per heavy atom.